The summed E-state index contributed by atoms with van der Waals surface area (Å²) >= 11 is 2.00. The smallest absolute Gasteiger partial charge is 0.0390 e. The molecule has 0 saturated carbocycles. The lowest BCUT2D eigenvalue weighted by Crippen LogP contribution is -1.99. The van der Waals surface area contributed by atoms with E-state index in [-0.39, 0.29) is 0 Å². The van der Waals surface area contributed by atoms with E-state index >= 15 is 0 Å². The quantitative estimate of drug-likeness (QED) is 0.472. The number of benzene rings is 2. The van der Waals surface area contributed by atoms with Crippen molar-refractivity contribution in [1.29, 1.82) is 0 Å². The highest BCUT2D eigenvalue weighted by Gasteiger charge is 2.14. The molecule has 0 spiro atoms. The van der Waals surface area contributed by atoms with Crippen LogP contribution in [0.25, 0.3) is 20.2 Å². The van der Waals surface area contributed by atoms with Crippen LogP contribution in [0.4, 0.5) is 0 Å². The van der Waals surface area contributed by atoms with E-state index in [1.165, 1.54) is 59.6 Å². The molecule has 1 aromatic heterocycles. The van der Waals surface area contributed by atoms with Gasteiger partial charge in [-0.3, -0.25) is 0 Å². The Hall–Kier alpha value is -1.34. The molecule has 3 aromatic rings. The summed E-state index contributed by atoms with van der Waals surface area (Å²) in [7, 11) is 0. The Bertz CT molecular complexity index is 779. The SMILES string of the molecule is Cc1ccc2sc3c4c(ccc3c2c1)CCCCCC4. The van der Waals surface area contributed by atoms with Crippen LogP contribution in [0.1, 0.15) is 42.4 Å². The topological polar surface area (TPSA) is 0 Å². The first-order valence-corrected chi connectivity index (χ1v) is 8.58. The predicted octanol–water partition coefficient (Wildman–Crippen LogP) is 6.02. The van der Waals surface area contributed by atoms with E-state index in [1.54, 1.807) is 15.8 Å². The summed E-state index contributed by atoms with van der Waals surface area (Å²) in [6, 6.07) is 11.7. The second-order valence-electron chi connectivity index (χ2n) is 6.10. The van der Waals surface area contributed by atoms with Crippen molar-refractivity contribution in [3.8, 4) is 0 Å². The summed E-state index contributed by atoms with van der Waals surface area (Å²) < 4.78 is 3.01. The molecule has 0 unspecified atom stereocenters. The Balaban J connectivity index is 2.02. The van der Waals surface area contributed by atoms with Gasteiger partial charge in [0.1, 0.15) is 0 Å². The Kier molecular flexibility index (Phi) is 3.03. The number of fused-ring (bicyclic) bond motifs is 5. The van der Waals surface area contributed by atoms with Gasteiger partial charge in [-0.2, -0.15) is 0 Å². The minimum Gasteiger partial charge on any atom is -0.135 e. The molecule has 4 rings (SSSR count). The van der Waals surface area contributed by atoms with Crippen molar-refractivity contribution in [1.82, 2.24) is 0 Å². The Labute approximate surface area is 124 Å². The van der Waals surface area contributed by atoms with Crippen LogP contribution in [0.3, 0.4) is 0 Å². The molecule has 0 atom stereocenters. The second kappa shape index (κ2) is 4.89. The van der Waals surface area contributed by atoms with E-state index in [0.29, 0.717) is 0 Å². The fourth-order valence-corrected chi connectivity index (χ4v) is 4.81. The van der Waals surface area contributed by atoms with Gasteiger partial charge in [0.25, 0.3) is 0 Å². The summed E-state index contributed by atoms with van der Waals surface area (Å²) in [6.07, 6.45) is 8.09. The van der Waals surface area contributed by atoms with Crippen LogP contribution in [0.15, 0.2) is 30.3 Å². The molecule has 0 radical (unpaired) electrons. The summed E-state index contributed by atoms with van der Waals surface area (Å²) in [5, 5.41) is 2.93. The van der Waals surface area contributed by atoms with Gasteiger partial charge in [0.15, 0.2) is 0 Å². The summed E-state index contributed by atoms with van der Waals surface area (Å²) in [5.41, 5.74) is 4.63. The minimum absolute atomic E-state index is 1.28. The third-order valence-electron chi connectivity index (χ3n) is 4.62. The molecular weight excluding hydrogens is 260 g/mol. The predicted molar refractivity (Wildman–Crippen MR) is 89.9 cm³/mol. The Morgan fingerprint density at radius 2 is 1.70 bits per heavy atom. The molecule has 0 fully saturated rings. The molecule has 20 heavy (non-hydrogen) atoms. The first-order chi connectivity index (χ1) is 9.83. The van der Waals surface area contributed by atoms with Gasteiger partial charge in [-0.25, -0.2) is 0 Å². The maximum atomic E-state index is 2.40. The Morgan fingerprint density at radius 3 is 2.60 bits per heavy atom. The van der Waals surface area contributed by atoms with E-state index in [1.807, 2.05) is 11.3 Å². The molecule has 0 bridgehead atoms. The van der Waals surface area contributed by atoms with Crippen molar-refractivity contribution >= 4 is 31.5 Å². The summed E-state index contributed by atoms with van der Waals surface area (Å²) in [6.45, 7) is 2.19. The van der Waals surface area contributed by atoms with Crippen LogP contribution in [-0.2, 0) is 12.8 Å². The van der Waals surface area contributed by atoms with Crippen LogP contribution in [0, 0.1) is 6.92 Å². The molecule has 0 aliphatic heterocycles. The molecule has 0 saturated heterocycles. The largest absolute Gasteiger partial charge is 0.135 e. The number of hydrogen-bond donors (Lipinski definition) is 0. The van der Waals surface area contributed by atoms with Gasteiger partial charge in [0, 0.05) is 20.2 Å². The fraction of sp³-hybridized carbons (Fsp3) is 0.368. The highest BCUT2D eigenvalue weighted by atomic mass is 32.1. The molecule has 1 heteroatoms. The standard InChI is InChI=1S/C19H20S/c1-13-8-11-18-17(12-13)16-10-9-14-6-4-2-3-5-7-15(14)19(16)20-18/h8-12H,2-7H2,1H3. The first kappa shape index (κ1) is 12.4. The first-order valence-electron chi connectivity index (χ1n) is 7.76. The van der Waals surface area contributed by atoms with E-state index in [2.05, 4.69) is 37.3 Å². The molecule has 1 aliphatic rings. The zero-order valence-electron chi connectivity index (χ0n) is 12.0. The lowest BCUT2D eigenvalue weighted by atomic mass is 9.92. The molecule has 102 valence electrons. The minimum atomic E-state index is 1.28. The van der Waals surface area contributed by atoms with Crippen molar-refractivity contribution in [3.05, 3.63) is 47.0 Å². The van der Waals surface area contributed by atoms with Gasteiger partial charge in [-0.15, -0.1) is 11.3 Å². The molecular formula is C19H20S. The van der Waals surface area contributed by atoms with Crippen LogP contribution < -0.4 is 0 Å². The lowest BCUT2D eigenvalue weighted by Gasteiger charge is -2.14. The van der Waals surface area contributed by atoms with E-state index in [9.17, 15) is 0 Å². The van der Waals surface area contributed by atoms with E-state index in [0.717, 1.165) is 0 Å². The van der Waals surface area contributed by atoms with E-state index < -0.39 is 0 Å². The normalized spacial score (nSPS) is 16.1. The average Bonchev–Trinajstić information content (AvgIpc) is 2.77. The third kappa shape index (κ3) is 1.96. The zero-order valence-corrected chi connectivity index (χ0v) is 12.9. The number of thiophene rings is 1. The number of aryl methyl sites for hydroxylation is 3. The van der Waals surface area contributed by atoms with Crippen molar-refractivity contribution in [3.63, 3.8) is 0 Å². The molecule has 0 nitrogen and oxygen atoms in total. The van der Waals surface area contributed by atoms with Gasteiger partial charge in [-0.05, 0) is 55.9 Å². The summed E-state index contributed by atoms with van der Waals surface area (Å²) in [5.74, 6) is 0. The van der Waals surface area contributed by atoms with Gasteiger partial charge in [-0.1, -0.05) is 36.6 Å². The molecule has 1 aliphatic carbocycles. The van der Waals surface area contributed by atoms with Crippen molar-refractivity contribution in [2.75, 3.05) is 0 Å². The van der Waals surface area contributed by atoms with E-state index in [4.69, 9.17) is 0 Å². The highest BCUT2D eigenvalue weighted by molar-refractivity contribution is 7.26. The number of hydrogen-bond acceptors (Lipinski definition) is 1. The monoisotopic (exact) mass is 280 g/mol. The molecule has 0 N–H and O–H groups in total. The fourth-order valence-electron chi connectivity index (χ4n) is 3.53. The summed E-state index contributed by atoms with van der Waals surface area (Å²) in [4.78, 5) is 0. The van der Waals surface area contributed by atoms with Crippen LogP contribution in [-0.4, -0.2) is 0 Å². The van der Waals surface area contributed by atoms with Gasteiger partial charge >= 0.3 is 0 Å². The lowest BCUT2D eigenvalue weighted by molar-refractivity contribution is 0.619. The van der Waals surface area contributed by atoms with Crippen LogP contribution >= 0.6 is 11.3 Å². The zero-order chi connectivity index (χ0) is 13.5. The van der Waals surface area contributed by atoms with Gasteiger partial charge in [0.2, 0.25) is 0 Å². The van der Waals surface area contributed by atoms with Gasteiger partial charge < -0.3 is 0 Å². The third-order valence-corrected chi connectivity index (χ3v) is 5.86. The van der Waals surface area contributed by atoms with Crippen molar-refractivity contribution in [2.24, 2.45) is 0 Å². The highest BCUT2D eigenvalue weighted by Crippen LogP contribution is 2.39. The van der Waals surface area contributed by atoms with Gasteiger partial charge in [0.05, 0.1) is 0 Å². The maximum Gasteiger partial charge on any atom is 0.0390 e. The van der Waals surface area contributed by atoms with Crippen molar-refractivity contribution in [2.45, 2.75) is 45.4 Å². The van der Waals surface area contributed by atoms with Crippen LogP contribution in [0.5, 0.6) is 0 Å². The van der Waals surface area contributed by atoms with Crippen molar-refractivity contribution < 1.29 is 0 Å². The Morgan fingerprint density at radius 1 is 0.850 bits per heavy atom. The average molecular weight is 280 g/mol. The maximum absolute atomic E-state index is 2.40. The molecule has 0 amide bonds. The second-order valence-corrected chi connectivity index (χ2v) is 7.15. The van der Waals surface area contributed by atoms with Crippen LogP contribution in [0.2, 0.25) is 0 Å². The molecule has 2 aromatic carbocycles. The number of rotatable bonds is 0. The molecule has 1 heterocycles.